The first kappa shape index (κ1) is 17.6. The van der Waals surface area contributed by atoms with Gasteiger partial charge >= 0.3 is 5.97 Å². The average molecular weight is 330 g/mol. The van der Waals surface area contributed by atoms with Crippen LogP contribution in [0.4, 0.5) is 5.69 Å². The number of hydrogen-bond donors (Lipinski definition) is 1. The molecule has 0 heterocycles. The highest BCUT2D eigenvalue weighted by atomic mass is 32.2. The fourth-order valence-electron chi connectivity index (χ4n) is 1.61. The Morgan fingerprint density at radius 3 is 2.36 bits per heavy atom. The second kappa shape index (κ2) is 6.52. The number of benzene rings is 1. The SMILES string of the molecule is CN(CCC(=O)O)C(=O)c1cc([N+](=O)[O-])cc(S(C)(=O)=O)c1. The van der Waals surface area contributed by atoms with E-state index >= 15 is 0 Å². The molecule has 0 aliphatic heterocycles. The normalized spacial score (nSPS) is 11.0. The number of hydrogen-bond acceptors (Lipinski definition) is 6. The van der Waals surface area contributed by atoms with E-state index < -0.39 is 32.3 Å². The molecular formula is C12H14N2O7S. The summed E-state index contributed by atoms with van der Waals surface area (Å²) < 4.78 is 23.1. The van der Waals surface area contributed by atoms with Gasteiger partial charge in [0.1, 0.15) is 0 Å². The standard InChI is InChI=1S/C12H14N2O7S/c1-13(4-3-11(15)16)12(17)8-5-9(14(18)19)7-10(6-8)22(2,20)21/h5-7H,3-4H2,1-2H3,(H,15,16). The smallest absolute Gasteiger partial charge is 0.305 e. The number of aliphatic carboxylic acids is 1. The van der Waals surface area contributed by atoms with Crippen LogP contribution in [0, 0.1) is 10.1 Å². The number of nitrogens with zero attached hydrogens (tertiary/aromatic N) is 2. The molecule has 1 amide bonds. The third-order valence-electron chi connectivity index (χ3n) is 2.78. The molecule has 1 rings (SSSR count). The molecule has 1 N–H and O–H groups in total. The molecule has 0 radical (unpaired) electrons. The predicted molar refractivity (Wildman–Crippen MR) is 75.4 cm³/mol. The summed E-state index contributed by atoms with van der Waals surface area (Å²) >= 11 is 0. The Labute approximate surface area is 126 Å². The molecule has 0 aliphatic carbocycles. The number of amides is 1. The van der Waals surface area contributed by atoms with E-state index in [2.05, 4.69) is 0 Å². The topological polar surface area (TPSA) is 135 Å². The number of carbonyl (C=O) groups is 2. The Balaban J connectivity index is 3.23. The summed E-state index contributed by atoms with van der Waals surface area (Å²) in [7, 11) is -2.41. The molecule has 0 atom stereocenters. The van der Waals surface area contributed by atoms with Crippen molar-refractivity contribution in [2.75, 3.05) is 19.8 Å². The first-order valence-corrected chi connectivity index (χ1v) is 7.88. The molecule has 1 aromatic rings. The first-order valence-electron chi connectivity index (χ1n) is 5.99. The fraction of sp³-hybridized carbons (Fsp3) is 0.333. The molecule has 0 fully saturated rings. The monoisotopic (exact) mass is 330 g/mol. The summed E-state index contributed by atoms with van der Waals surface area (Å²) in [5, 5.41) is 19.4. The van der Waals surface area contributed by atoms with Crippen LogP contribution in [0.15, 0.2) is 23.1 Å². The maximum absolute atomic E-state index is 12.1. The van der Waals surface area contributed by atoms with Gasteiger partial charge in [-0.05, 0) is 6.07 Å². The van der Waals surface area contributed by atoms with Crippen LogP contribution in [0.25, 0.3) is 0 Å². The molecule has 0 bridgehead atoms. The van der Waals surface area contributed by atoms with Gasteiger partial charge < -0.3 is 10.0 Å². The molecule has 10 heteroatoms. The Hall–Kier alpha value is -2.49. The molecule has 120 valence electrons. The van der Waals surface area contributed by atoms with Crippen LogP contribution < -0.4 is 0 Å². The number of carboxylic acids is 1. The van der Waals surface area contributed by atoms with Crippen LogP contribution in [0.5, 0.6) is 0 Å². The Morgan fingerprint density at radius 1 is 1.32 bits per heavy atom. The van der Waals surface area contributed by atoms with Crippen LogP contribution >= 0.6 is 0 Å². The number of non-ortho nitro benzene ring substituents is 1. The maximum Gasteiger partial charge on any atom is 0.305 e. The first-order chi connectivity index (χ1) is 10.0. The zero-order valence-electron chi connectivity index (χ0n) is 11.8. The van der Waals surface area contributed by atoms with Gasteiger partial charge in [-0.3, -0.25) is 19.7 Å². The van der Waals surface area contributed by atoms with E-state index in [4.69, 9.17) is 5.11 Å². The van der Waals surface area contributed by atoms with Gasteiger partial charge in [0.05, 0.1) is 16.2 Å². The maximum atomic E-state index is 12.1. The van der Waals surface area contributed by atoms with Crippen LogP contribution in [-0.2, 0) is 14.6 Å². The lowest BCUT2D eigenvalue weighted by molar-refractivity contribution is -0.385. The molecule has 0 aliphatic rings. The van der Waals surface area contributed by atoms with Gasteiger partial charge in [0.2, 0.25) is 0 Å². The van der Waals surface area contributed by atoms with Crippen LogP contribution in [0.1, 0.15) is 16.8 Å². The van der Waals surface area contributed by atoms with Gasteiger partial charge in [0.15, 0.2) is 9.84 Å². The van der Waals surface area contributed by atoms with Crippen LogP contribution in [-0.4, -0.2) is 55.1 Å². The summed E-state index contributed by atoms with van der Waals surface area (Å²) in [6.45, 7) is -0.106. The van der Waals surface area contributed by atoms with Crippen molar-refractivity contribution in [2.24, 2.45) is 0 Å². The quantitative estimate of drug-likeness (QED) is 0.594. The van der Waals surface area contributed by atoms with Gasteiger partial charge in [-0.1, -0.05) is 0 Å². The van der Waals surface area contributed by atoms with E-state index in [-0.39, 0.29) is 23.4 Å². The van der Waals surface area contributed by atoms with E-state index in [1.165, 1.54) is 7.05 Å². The Morgan fingerprint density at radius 2 is 1.91 bits per heavy atom. The molecule has 0 saturated heterocycles. The summed E-state index contributed by atoms with van der Waals surface area (Å²) in [5.41, 5.74) is -0.722. The molecular weight excluding hydrogens is 316 g/mol. The Bertz CT molecular complexity index is 727. The minimum atomic E-state index is -3.74. The van der Waals surface area contributed by atoms with Crippen molar-refractivity contribution in [1.82, 2.24) is 4.90 Å². The lowest BCUT2D eigenvalue weighted by atomic mass is 10.1. The van der Waals surface area contributed by atoms with Crippen LogP contribution in [0.3, 0.4) is 0 Å². The predicted octanol–water partition coefficient (Wildman–Crippen LogP) is 0.545. The molecule has 0 saturated carbocycles. The second-order valence-corrected chi connectivity index (χ2v) is 6.63. The number of nitro benzene ring substituents is 1. The van der Waals surface area contributed by atoms with Crippen molar-refractivity contribution in [1.29, 1.82) is 0 Å². The minimum Gasteiger partial charge on any atom is -0.481 e. The van der Waals surface area contributed by atoms with Gasteiger partial charge in [0.25, 0.3) is 11.6 Å². The van der Waals surface area contributed by atoms with E-state index in [0.29, 0.717) is 0 Å². The van der Waals surface area contributed by atoms with Crippen molar-refractivity contribution < 1.29 is 28.0 Å². The number of nitro groups is 1. The highest BCUT2D eigenvalue weighted by molar-refractivity contribution is 7.90. The minimum absolute atomic E-state index is 0.106. The fourth-order valence-corrected chi connectivity index (χ4v) is 2.29. The zero-order valence-corrected chi connectivity index (χ0v) is 12.7. The largest absolute Gasteiger partial charge is 0.481 e. The van der Waals surface area contributed by atoms with E-state index in [0.717, 1.165) is 29.4 Å². The average Bonchev–Trinajstić information content (AvgIpc) is 2.42. The van der Waals surface area contributed by atoms with Gasteiger partial charge in [-0.15, -0.1) is 0 Å². The highest BCUT2D eigenvalue weighted by Gasteiger charge is 2.21. The molecule has 0 aromatic heterocycles. The second-order valence-electron chi connectivity index (χ2n) is 4.62. The summed E-state index contributed by atoms with van der Waals surface area (Å²) in [6, 6.07) is 2.85. The van der Waals surface area contributed by atoms with Gasteiger partial charge in [0, 0.05) is 37.5 Å². The van der Waals surface area contributed by atoms with Gasteiger partial charge in [-0.2, -0.15) is 0 Å². The van der Waals surface area contributed by atoms with Crippen molar-refractivity contribution in [3.05, 3.63) is 33.9 Å². The molecule has 0 spiro atoms. The van der Waals surface area contributed by atoms with Gasteiger partial charge in [-0.25, -0.2) is 8.42 Å². The lowest BCUT2D eigenvalue weighted by Gasteiger charge is -2.16. The number of carboxylic acid groups (broad SMARTS) is 1. The summed E-state index contributed by atoms with van der Waals surface area (Å²) in [5.74, 6) is -1.80. The molecule has 0 unspecified atom stereocenters. The van der Waals surface area contributed by atoms with E-state index in [1.807, 2.05) is 0 Å². The summed E-state index contributed by atoms with van der Waals surface area (Å²) in [6.07, 6.45) is 0.574. The number of carbonyl (C=O) groups excluding carboxylic acids is 1. The highest BCUT2D eigenvalue weighted by Crippen LogP contribution is 2.21. The third kappa shape index (κ3) is 4.52. The van der Waals surface area contributed by atoms with Crippen LogP contribution in [0.2, 0.25) is 0 Å². The Kier molecular flexibility index (Phi) is 5.20. The third-order valence-corrected chi connectivity index (χ3v) is 3.88. The number of rotatable bonds is 6. The van der Waals surface area contributed by atoms with Crippen molar-refractivity contribution >= 4 is 27.4 Å². The van der Waals surface area contributed by atoms with Crippen molar-refractivity contribution in [2.45, 2.75) is 11.3 Å². The van der Waals surface area contributed by atoms with E-state index in [9.17, 15) is 28.1 Å². The van der Waals surface area contributed by atoms with E-state index in [1.54, 1.807) is 0 Å². The number of sulfone groups is 1. The lowest BCUT2D eigenvalue weighted by Crippen LogP contribution is -2.29. The molecule has 9 nitrogen and oxygen atoms in total. The van der Waals surface area contributed by atoms with Crippen molar-refractivity contribution in [3.63, 3.8) is 0 Å². The molecule has 1 aromatic carbocycles. The summed E-state index contributed by atoms with van der Waals surface area (Å²) in [4.78, 5) is 33.4. The van der Waals surface area contributed by atoms with Crippen molar-refractivity contribution in [3.8, 4) is 0 Å². The zero-order chi connectivity index (χ0) is 17.1. The molecule has 22 heavy (non-hydrogen) atoms.